The van der Waals surface area contributed by atoms with E-state index in [0.29, 0.717) is 12.1 Å². The van der Waals surface area contributed by atoms with Crippen molar-refractivity contribution in [2.45, 2.75) is 13.0 Å². The lowest BCUT2D eigenvalue weighted by Gasteiger charge is -2.20. The smallest absolute Gasteiger partial charge is 0.251 e. The van der Waals surface area contributed by atoms with E-state index >= 15 is 0 Å². The Bertz CT molecular complexity index is 426. The van der Waals surface area contributed by atoms with Crippen molar-refractivity contribution in [1.29, 1.82) is 0 Å². The second-order valence-corrected chi connectivity index (χ2v) is 5.19. The molecule has 1 atom stereocenters. The minimum absolute atomic E-state index is 0.215. The summed E-state index contributed by atoms with van der Waals surface area (Å²) in [5.41, 5.74) is 6.31. The van der Waals surface area contributed by atoms with E-state index in [0.717, 1.165) is 0 Å². The van der Waals surface area contributed by atoms with Gasteiger partial charge in [0.25, 0.3) is 5.91 Å². The Balaban J connectivity index is 2.73. The summed E-state index contributed by atoms with van der Waals surface area (Å²) in [5.74, 6) is -0.215. The third kappa shape index (κ3) is 3.77. The zero-order valence-corrected chi connectivity index (χ0v) is 12.1. The van der Waals surface area contributed by atoms with Gasteiger partial charge in [-0.05, 0) is 33.2 Å². The molecule has 1 aromatic rings. The van der Waals surface area contributed by atoms with E-state index in [1.807, 2.05) is 25.9 Å². The van der Waals surface area contributed by atoms with E-state index in [1.165, 1.54) is 12.1 Å². The van der Waals surface area contributed by atoms with Gasteiger partial charge >= 0.3 is 0 Å². The molecule has 6 heteroatoms. The van der Waals surface area contributed by atoms with Crippen LogP contribution in [0.15, 0.2) is 12.1 Å². The van der Waals surface area contributed by atoms with Crippen molar-refractivity contribution in [2.75, 3.05) is 26.4 Å². The van der Waals surface area contributed by atoms with Crippen molar-refractivity contribution in [3.63, 3.8) is 0 Å². The molecule has 1 unspecified atom stereocenters. The molecule has 1 rings (SSSR count). The van der Waals surface area contributed by atoms with Crippen LogP contribution in [-0.4, -0.2) is 37.5 Å². The lowest BCUT2D eigenvalue weighted by molar-refractivity contribution is 0.0943. The van der Waals surface area contributed by atoms with Crippen LogP contribution < -0.4 is 11.1 Å². The number of nitrogens with one attached hydrogen (secondary N) is 1. The number of benzene rings is 1. The zero-order chi connectivity index (χ0) is 13.9. The Labute approximate surface area is 117 Å². The molecule has 1 aromatic carbocycles. The predicted octanol–water partition coefficient (Wildman–Crippen LogP) is 2.26. The number of rotatable bonds is 4. The van der Waals surface area contributed by atoms with Crippen molar-refractivity contribution < 1.29 is 4.79 Å². The topological polar surface area (TPSA) is 58.4 Å². The Morgan fingerprint density at radius 3 is 2.33 bits per heavy atom. The first-order valence-corrected chi connectivity index (χ1v) is 6.27. The highest BCUT2D eigenvalue weighted by atomic mass is 35.5. The van der Waals surface area contributed by atoms with Crippen LogP contribution in [-0.2, 0) is 0 Å². The van der Waals surface area contributed by atoms with Gasteiger partial charge in [-0.2, -0.15) is 0 Å². The summed E-state index contributed by atoms with van der Waals surface area (Å²) in [4.78, 5) is 13.9. The first-order chi connectivity index (χ1) is 8.32. The summed E-state index contributed by atoms with van der Waals surface area (Å²) < 4.78 is 0. The van der Waals surface area contributed by atoms with Crippen molar-refractivity contribution in [3.05, 3.63) is 27.7 Å². The minimum atomic E-state index is -0.215. The lowest BCUT2D eigenvalue weighted by atomic mass is 10.2. The van der Waals surface area contributed by atoms with Gasteiger partial charge in [-0.3, -0.25) is 4.79 Å². The van der Waals surface area contributed by atoms with Gasteiger partial charge in [-0.1, -0.05) is 23.2 Å². The molecule has 0 radical (unpaired) electrons. The molecule has 0 aliphatic carbocycles. The molecule has 3 N–H and O–H groups in total. The summed E-state index contributed by atoms with van der Waals surface area (Å²) in [5, 5.41) is 3.39. The molecule has 0 fully saturated rings. The average molecular weight is 290 g/mol. The Morgan fingerprint density at radius 1 is 1.39 bits per heavy atom. The van der Waals surface area contributed by atoms with E-state index in [4.69, 9.17) is 28.9 Å². The summed E-state index contributed by atoms with van der Waals surface area (Å²) in [7, 11) is 3.90. The molecule has 1 amide bonds. The number of amides is 1. The maximum absolute atomic E-state index is 11.9. The summed E-state index contributed by atoms with van der Waals surface area (Å²) in [6.45, 7) is 2.56. The maximum atomic E-state index is 11.9. The van der Waals surface area contributed by atoms with E-state index in [-0.39, 0.29) is 27.7 Å². The van der Waals surface area contributed by atoms with Crippen LogP contribution in [0.3, 0.4) is 0 Å². The fourth-order valence-corrected chi connectivity index (χ4v) is 1.73. The fraction of sp³-hybridized carbons (Fsp3) is 0.417. The van der Waals surface area contributed by atoms with Gasteiger partial charge in [-0.15, -0.1) is 0 Å². The van der Waals surface area contributed by atoms with Crippen LogP contribution in [0.25, 0.3) is 0 Å². The van der Waals surface area contributed by atoms with Crippen LogP contribution in [0.5, 0.6) is 0 Å². The number of anilines is 1. The normalized spacial score (nSPS) is 12.6. The average Bonchev–Trinajstić information content (AvgIpc) is 2.31. The summed E-state index contributed by atoms with van der Waals surface area (Å²) >= 11 is 11.8. The Kier molecular flexibility index (Phi) is 5.26. The number of hydrogen-bond acceptors (Lipinski definition) is 3. The van der Waals surface area contributed by atoms with E-state index in [1.54, 1.807) is 0 Å². The molecule has 0 heterocycles. The highest BCUT2D eigenvalue weighted by molar-refractivity contribution is 6.39. The van der Waals surface area contributed by atoms with Gasteiger partial charge in [-0.25, -0.2) is 0 Å². The predicted molar refractivity (Wildman–Crippen MR) is 76.4 cm³/mol. The van der Waals surface area contributed by atoms with Crippen molar-refractivity contribution >= 4 is 34.8 Å². The van der Waals surface area contributed by atoms with E-state index < -0.39 is 0 Å². The molecule has 18 heavy (non-hydrogen) atoms. The van der Waals surface area contributed by atoms with Gasteiger partial charge in [0.05, 0.1) is 15.7 Å². The number of hydrogen-bond donors (Lipinski definition) is 2. The van der Waals surface area contributed by atoms with Crippen LogP contribution in [0.4, 0.5) is 5.69 Å². The van der Waals surface area contributed by atoms with Gasteiger partial charge < -0.3 is 16.0 Å². The molecule has 100 valence electrons. The number of nitrogens with zero attached hydrogens (tertiary/aromatic N) is 1. The molecule has 0 aliphatic heterocycles. The number of carbonyl (C=O) groups excluding carboxylic acids is 1. The third-order valence-corrected chi connectivity index (χ3v) is 3.41. The van der Waals surface area contributed by atoms with Crippen molar-refractivity contribution in [3.8, 4) is 0 Å². The molecule has 0 saturated carbocycles. The van der Waals surface area contributed by atoms with Crippen LogP contribution in [0.2, 0.25) is 10.0 Å². The first-order valence-electron chi connectivity index (χ1n) is 5.52. The summed E-state index contributed by atoms with van der Waals surface area (Å²) in [6, 6.07) is 3.27. The van der Waals surface area contributed by atoms with Gasteiger partial charge in [0.2, 0.25) is 0 Å². The number of halogens is 2. The molecule has 0 saturated heterocycles. The number of carbonyl (C=O) groups is 1. The highest BCUT2D eigenvalue weighted by Crippen LogP contribution is 2.28. The second-order valence-electron chi connectivity index (χ2n) is 4.38. The molecule has 0 spiro atoms. The standard InChI is InChI=1S/C12H17Cl2N3O/c1-7(17(2)3)6-16-12(18)8-4-9(13)11(15)10(14)5-8/h4-5,7H,6,15H2,1-3H3,(H,16,18). The monoisotopic (exact) mass is 289 g/mol. The Hall–Kier alpha value is -0.970. The zero-order valence-electron chi connectivity index (χ0n) is 10.6. The van der Waals surface area contributed by atoms with Crippen LogP contribution in [0, 0.1) is 0 Å². The minimum Gasteiger partial charge on any atom is -0.396 e. The SMILES string of the molecule is CC(CNC(=O)c1cc(Cl)c(N)c(Cl)c1)N(C)C. The van der Waals surface area contributed by atoms with E-state index in [2.05, 4.69) is 5.32 Å². The van der Waals surface area contributed by atoms with Gasteiger partial charge in [0.15, 0.2) is 0 Å². The summed E-state index contributed by atoms with van der Waals surface area (Å²) in [6.07, 6.45) is 0. The van der Waals surface area contributed by atoms with Crippen LogP contribution in [0.1, 0.15) is 17.3 Å². The van der Waals surface area contributed by atoms with Crippen molar-refractivity contribution in [2.24, 2.45) is 0 Å². The molecular formula is C12H17Cl2N3O. The Morgan fingerprint density at radius 2 is 1.89 bits per heavy atom. The maximum Gasteiger partial charge on any atom is 0.251 e. The van der Waals surface area contributed by atoms with Crippen LogP contribution >= 0.6 is 23.2 Å². The molecule has 4 nitrogen and oxygen atoms in total. The molecule has 0 aliphatic rings. The van der Waals surface area contributed by atoms with Gasteiger partial charge in [0.1, 0.15) is 0 Å². The first kappa shape index (κ1) is 15.1. The molecule has 0 aromatic heterocycles. The molecular weight excluding hydrogens is 273 g/mol. The highest BCUT2D eigenvalue weighted by Gasteiger charge is 2.12. The largest absolute Gasteiger partial charge is 0.396 e. The van der Waals surface area contributed by atoms with Crippen molar-refractivity contribution in [1.82, 2.24) is 10.2 Å². The number of nitrogens with two attached hydrogens (primary N) is 1. The quantitative estimate of drug-likeness (QED) is 0.836. The van der Waals surface area contributed by atoms with E-state index in [9.17, 15) is 4.79 Å². The third-order valence-electron chi connectivity index (χ3n) is 2.78. The lowest BCUT2D eigenvalue weighted by Crippen LogP contribution is -2.38. The number of nitrogen functional groups attached to an aromatic ring is 1. The second kappa shape index (κ2) is 6.27. The van der Waals surface area contributed by atoms with Gasteiger partial charge in [0, 0.05) is 18.2 Å². The fourth-order valence-electron chi connectivity index (χ4n) is 1.24. The molecule has 0 bridgehead atoms. The number of likely N-dealkylation sites (N-methyl/N-ethyl adjacent to an activating group) is 1.